The van der Waals surface area contributed by atoms with Crippen molar-refractivity contribution in [2.24, 2.45) is 0 Å². The van der Waals surface area contributed by atoms with Crippen LogP contribution in [0.1, 0.15) is 74.4 Å². The van der Waals surface area contributed by atoms with Gasteiger partial charge in [-0.15, -0.1) is 0 Å². The van der Waals surface area contributed by atoms with E-state index in [-0.39, 0.29) is 22.4 Å². The summed E-state index contributed by atoms with van der Waals surface area (Å²) in [5.74, 6) is 0.322. The highest BCUT2D eigenvalue weighted by Crippen LogP contribution is 2.43. The second-order valence-corrected chi connectivity index (χ2v) is 11.8. The molecule has 2 aliphatic rings. The lowest BCUT2D eigenvalue weighted by atomic mass is 9.87. The van der Waals surface area contributed by atoms with Gasteiger partial charge in [0, 0.05) is 41.1 Å². The Balaban J connectivity index is 1.27. The van der Waals surface area contributed by atoms with Crippen molar-refractivity contribution in [2.75, 3.05) is 10.0 Å². The number of benzene rings is 1. The zero-order valence-electron chi connectivity index (χ0n) is 18.9. The summed E-state index contributed by atoms with van der Waals surface area (Å²) in [6, 6.07) is 9.33. The summed E-state index contributed by atoms with van der Waals surface area (Å²) in [7, 11) is -3.51. The Hall–Kier alpha value is -2.94. The van der Waals surface area contributed by atoms with Gasteiger partial charge >= 0.3 is 0 Å². The molecule has 1 fully saturated rings. The third-order valence-corrected chi connectivity index (χ3v) is 7.85. The fourth-order valence-corrected chi connectivity index (χ4v) is 5.98. The Bertz CT molecular complexity index is 1300. The van der Waals surface area contributed by atoms with Crippen molar-refractivity contribution in [1.82, 2.24) is 15.2 Å². The molecule has 1 aliphatic carbocycles. The minimum absolute atomic E-state index is 0.0894. The van der Waals surface area contributed by atoms with Crippen LogP contribution in [0.5, 0.6) is 0 Å². The van der Waals surface area contributed by atoms with Gasteiger partial charge in [-0.3, -0.25) is 14.8 Å². The number of hydrogen-bond donors (Lipinski definition) is 3. The van der Waals surface area contributed by atoms with Crippen LogP contribution < -0.4 is 10.0 Å². The van der Waals surface area contributed by atoms with Gasteiger partial charge in [-0.25, -0.2) is 12.8 Å². The van der Waals surface area contributed by atoms with Gasteiger partial charge in [0.15, 0.2) is 11.6 Å². The van der Waals surface area contributed by atoms with Crippen molar-refractivity contribution in [3.63, 3.8) is 0 Å². The lowest BCUT2D eigenvalue weighted by Gasteiger charge is -2.19. The smallest absolute Gasteiger partial charge is 0.237 e. The molecule has 2 atom stereocenters. The second kappa shape index (κ2) is 7.83. The van der Waals surface area contributed by atoms with Crippen LogP contribution in [0.3, 0.4) is 0 Å². The molecule has 0 amide bonds. The molecule has 1 aliphatic heterocycles. The molecule has 0 spiro atoms. The Morgan fingerprint density at radius 1 is 1.12 bits per heavy atom. The minimum Gasteiger partial charge on any atom is -0.336 e. The maximum Gasteiger partial charge on any atom is 0.237 e. The Morgan fingerprint density at radius 2 is 1.91 bits per heavy atom. The number of nitrogens with one attached hydrogen (secondary N) is 3. The number of sulfonamides is 1. The van der Waals surface area contributed by atoms with Crippen molar-refractivity contribution in [2.45, 2.75) is 63.0 Å². The van der Waals surface area contributed by atoms with E-state index in [9.17, 15) is 12.8 Å². The second-order valence-electron chi connectivity index (χ2n) is 10.1. The summed E-state index contributed by atoms with van der Waals surface area (Å²) >= 11 is 0. The van der Waals surface area contributed by atoms with Gasteiger partial charge < -0.3 is 5.32 Å². The van der Waals surface area contributed by atoms with E-state index in [2.05, 4.69) is 53.1 Å². The van der Waals surface area contributed by atoms with Crippen molar-refractivity contribution in [3.8, 4) is 0 Å². The Kier molecular flexibility index (Phi) is 5.19. The molecule has 9 heteroatoms. The van der Waals surface area contributed by atoms with Crippen molar-refractivity contribution < 1.29 is 12.8 Å². The molecule has 174 valence electrons. The summed E-state index contributed by atoms with van der Waals surface area (Å²) in [6.45, 7) is 6.56. The third-order valence-electron chi connectivity index (χ3n) is 6.65. The molecule has 0 bridgehead atoms. The van der Waals surface area contributed by atoms with Gasteiger partial charge in [0.2, 0.25) is 10.0 Å². The van der Waals surface area contributed by atoms with E-state index in [0.29, 0.717) is 23.3 Å². The molecule has 2 aromatic heterocycles. The Labute approximate surface area is 193 Å². The summed E-state index contributed by atoms with van der Waals surface area (Å²) in [5, 5.41) is 10.4. The van der Waals surface area contributed by atoms with Crippen molar-refractivity contribution in [1.29, 1.82) is 0 Å². The number of pyridine rings is 1. The highest BCUT2D eigenvalue weighted by molar-refractivity contribution is 7.92. The van der Waals surface area contributed by atoms with Gasteiger partial charge in [0.05, 0.1) is 17.1 Å². The zero-order chi connectivity index (χ0) is 23.4. The number of nitrogens with zero attached hydrogens (tertiary/aromatic N) is 2. The SMILES string of the molecule is CC(C)(C)c1ccc(C2CCC(c3cc(Nc4ccc5c(c4F)CS(=O)(=O)N5)n[nH]3)C2)nc1. The van der Waals surface area contributed by atoms with Gasteiger partial charge in [0.25, 0.3) is 0 Å². The van der Waals surface area contributed by atoms with E-state index in [1.54, 1.807) is 6.07 Å². The first-order valence-electron chi connectivity index (χ1n) is 11.2. The Morgan fingerprint density at radius 3 is 2.64 bits per heavy atom. The summed E-state index contributed by atoms with van der Waals surface area (Å²) < 4.78 is 40.7. The maximum atomic E-state index is 14.8. The topological polar surface area (TPSA) is 99.8 Å². The standard InChI is InChI=1S/C24H28FN5O2S/c1-24(2,3)16-6-7-18(26-12-16)14-4-5-15(10-14)21-11-22(29-28-21)27-20-9-8-19-17(23(20)25)13-33(31,32)30-19/h6-9,11-12,14-15,30H,4-5,10,13H2,1-3H3,(H2,27,28,29). The van der Waals surface area contributed by atoms with E-state index in [1.807, 2.05) is 12.3 Å². The quantitative estimate of drug-likeness (QED) is 0.482. The highest BCUT2D eigenvalue weighted by atomic mass is 32.2. The number of aromatic amines is 1. The van der Waals surface area contributed by atoms with Crippen LogP contribution in [0.15, 0.2) is 36.5 Å². The van der Waals surface area contributed by atoms with Crippen LogP contribution in [0, 0.1) is 5.82 Å². The minimum atomic E-state index is -3.51. The largest absolute Gasteiger partial charge is 0.336 e. The van der Waals surface area contributed by atoms with Crippen molar-refractivity contribution in [3.05, 3.63) is 64.9 Å². The predicted octanol–water partition coefficient (Wildman–Crippen LogP) is 5.29. The molecule has 2 unspecified atom stereocenters. The first-order valence-corrected chi connectivity index (χ1v) is 12.8. The average Bonchev–Trinajstić information content (AvgIpc) is 3.47. The molecular weight excluding hydrogens is 441 g/mol. The number of fused-ring (bicyclic) bond motifs is 1. The monoisotopic (exact) mass is 469 g/mol. The summed E-state index contributed by atoms with van der Waals surface area (Å²) in [6.07, 6.45) is 5.08. The summed E-state index contributed by atoms with van der Waals surface area (Å²) in [5.41, 5.74) is 4.12. The number of aromatic nitrogens is 3. The van der Waals surface area contributed by atoms with E-state index in [1.165, 1.54) is 11.6 Å². The maximum absolute atomic E-state index is 14.8. The first-order chi connectivity index (χ1) is 15.6. The van der Waals surface area contributed by atoms with Gasteiger partial charge in [-0.1, -0.05) is 26.8 Å². The number of rotatable bonds is 4. The molecule has 0 radical (unpaired) electrons. The lowest BCUT2D eigenvalue weighted by Crippen LogP contribution is -2.12. The average molecular weight is 470 g/mol. The van der Waals surface area contributed by atoms with E-state index >= 15 is 0 Å². The fourth-order valence-electron chi connectivity index (χ4n) is 4.72. The molecule has 7 nitrogen and oxygen atoms in total. The first kappa shape index (κ1) is 21.9. The van der Waals surface area contributed by atoms with Crippen LogP contribution in [0.4, 0.5) is 21.6 Å². The van der Waals surface area contributed by atoms with Gasteiger partial charge in [0.1, 0.15) is 0 Å². The number of H-pyrrole nitrogens is 1. The lowest BCUT2D eigenvalue weighted by molar-refractivity contribution is 0.583. The molecule has 1 saturated carbocycles. The van der Waals surface area contributed by atoms with Crippen LogP contribution in [-0.2, 0) is 21.2 Å². The number of halogens is 1. The van der Waals surface area contributed by atoms with Crippen molar-refractivity contribution >= 4 is 27.2 Å². The molecule has 0 saturated heterocycles. The number of hydrogen-bond acceptors (Lipinski definition) is 5. The molecule has 1 aromatic carbocycles. The molecule has 3 N–H and O–H groups in total. The third kappa shape index (κ3) is 4.34. The highest BCUT2D eigenvalue weighted by Gasteiger charge is 2.30. The van der Waals surface area contributed by atoms with Crippen LogP contribution >= 0.6 is 0 Å². The fraction of sp³-hybridized carbons (Fsp3) is 0.417. The molecular formula is C24H28FN5O2S. The van der Waals surface area contributed by atoms with E-state index in [0.717, 1.165) is 30.7 Å². The summed E-state index contributed by atoms with van der Waals surface area (Å²) in [4.78, 5) is 4.74. The van der Waals surface area contributed by atoms with E-state index < -0.39 is 15.8 Å². The van der Waals surface area contributed by atoms with Crippen LogP contribution in [-0.4, -0.2) is 23.6 Å². The number of anilines is 3. The zero-order valence-corrected chi connectivity index (χ0v) is 19.8. The molecule has 5 rings (SSSR count). The van der Waals surface area contributed by atoms with Crippen LogP contribution in [0.2, 0.25) is 0 Å². The van der Waals surface area contributed by atoms with Gasteiger partial charge in [-0.2, -0.15) is 5.10 Å². The van der Waals surface area contributed by atoms with E-state index in [4.69, 9.17) is 4.98 Å². The normalized spacial score (nSPS) is 21.6. The molecule has 3 aromatic rings. The predicted molar refractivity (Wildman–Crippen MR) is 127 cm³/mol. The molecule has 33 heavy (non-hydrogen) atoms. The van der Waals surface area contributed by atoms with Crippen LogP contribution in [0.25, 0.3) is 0 Å². The van der Waals surface area contributed by atoms with Gasteiger partial charge in [-0.05, 0) is 48.4 Å². The molecule has 3 heterocycles.